The molecule has 0 spiro atoms. The number of thiazole rings is 1. The number of methoxy groups -OCH3 is 1. The number of fused-ring (bicyclic) bond motifs is 1. The number of hydrogen-bond donors (Lipinski definition) is 1. The first kappa shape index (κ1) is 25.3. The molecule has 0 amide bonds. The fraction of sp³-hybridized carbons (Fsp3) is 0.133. The summed E-state index contributed by atoms with van der Waals surface area (Å²) >= 11 is 1.52. The Bertz CT molecular complexity index is 1850. The van der Waals surface area contributed by atoms with Gasteiger partial charge in [-0.3, -0.25) is 14.3 Å². The molecule has 0 aliphatic heterocycles. The zero-order valence-electron chi connectivity index (χ0n) is 22.1. The van der Waals surface area contributed by atoms with Crippen LogP contribution < -0.4 is 15.6 Å². The molecule has 1 atom stereocenters. The molecule has 9 nitrogen and oxygen atoms in total. The smallest absolute Gasteiger partial charge is 0.316 e. The fourth-order valence-electron chi connectivity index (χ4n) is 4.73. The van der Waals surface area contributed by atoms with Crippen molar-refractivity contribution in [1.29, 1.82) is 0 Å². The van der Waals surface area contributed by atoms with Gasteiger partial charge >= 0.3 is 6.01 Å². The lowest BCUT2D eigenvalue weighted by Crippen LogP contribution is -2.26. The van der Waals surface area contributed by atoms with Gasteiger partial charge in [0.05, 0.1) is 34.5 Å². The zero-order valence-corrected chi connectivity index (χ0v) is 22.9. The Hall–Kier alpha value is -4.96. The second-order valence-corrected chi connectivity index (χ2v) is 10.1. The highest BCUT2D eigenvalue weighted by atomic mass is 32.1. The molecule has 1 N–H and O–H groups in total. The number of nitrogens with zero attached hydrogens (tertiary/aromatic N) is 6. The summed E-state index contributed by atoms with van der Waals surface area (Å²) in [6.45, 7) is 3.88. The first-order chi connectivity index (χ1) is 19.5. The van der Waals surface area contributed by atoms with Gasteiger partial charge in [0.15, 0.2) is 0 Å². The maximum atomic E-state index is 14.4. The maximum absolute atomic E-state index is 14.4. The third kappa shape index (κ3) is 4.69. The van der Waals surface area contributed by atoms with Gasteiger partial charge in [-0.1, -0.05) is 36.4 Å². The lowest BCUT2D eigenvalue weighted by Gasteiger charge is -2.23. The van der Waals surface area contributed by atoms with Gasteiger partial charge in [-0.15, -0.1) is 11.3 Å². The summed E-state index contributed by atoms with van der Waals surface area (Å²) in [6.07, 6.45) is 6.94. The minimum Gasteiger partial charge on any atom is -0.467 e. The van der Waals surface area contributed by atoms with E-state index < -0.39 is 0 Å². The molecule has 10 heteroatoms. The molecule has 4 heterocycles. The van der Waals surface area contributed by atoms with Crippen LogP contribution in [0.25, 0.3) is 38.0 Å². The highest BCUT2D eigenvalue weighted by Gasteiger charge is 2.21. The molecule has 0 radical (unpaired) electrons. The Morgan fingerprint density at radius 3 is 2.48 bits per heavy atom. The van der Waals surface area contributed by atoms with Crippen molar-refractivity contribution in [3.63, 3.8) is 0 Å². The van der Waals surface area contributed by atoms with Gasteiger partial charge in [0.1, 0.15) is 11.6 Å². The van der Waals surface area contributed by atoms with Crippen LogP contribution >= 0.6 is 11.3 Å². The number of rotatable bonds is 7. The van der Waals surface area contributed by atoms with E-state index in [2.05, 4.69) is 31.3 Å². The molecule has 0 saturated heterocycles. The molecule has 6 rings (SSSR count). The molecule has 198 valence electrons. The number of pyridine rings is 1. The summed E-state index contributed by atoms with van der Waals surface area (Å²) in [5.74, 6) is 1.33. The van der Waals surface area contributed by atoms with Crippen molar-refractivity contribution in [2.75, 3.05) is 12.4 Å². The van der Waals surface area contributed by atoms with E-state index in [0.29, 0.717) is 17.0 Å². The highest BCUT2D eigenvalue weighted by molar-refractivity contribution is 7.13. The number of aryl methyl sites for hydroxylation is 1. The monoisotopic (exact) mass is 547 g/mol. The largest absolute Gasteiger partial charge is 0.467 e. The van der Waals surface area contributed by atoms with Gasteiger partial charge in [-0.2, -0.15) is 0 Å². The Balaban J connectivity index is 1.53. The summed E-state index contributed by atoms with van der Waals surface area (Å²) in [7, 11) is 1.52. The standard InChI is InChI=1S/C30H25N7O2S/c1-18(35-28-24(15-32-19(2)36-28)26-16-31-17-40-26)25-12-20-8-7-11-23(21-13-33-30(39-3)34-14-21)27(20)29(38)37(25)22-9-5-4-6-10-22/h4-18H,1-3H3,(H,32,35,36)/t18-/m0/s1. The van der Waals surface area contributed by atoms with Crippen molar-refractivity contribution in [2.45, 2.75) is 19.9 Å². The topological polar surface area (TPSA) is 108 Å². The van der Waals surface area contributed by atoms with Crippen molar-refractivity contribution in [3.8, 4) is 33.3 Å². The number of benzene rings is 2. The molecule has 6 aromatic rings. The third-order valence-electron chi connectivity index (χ3n) is 6.62. The van der Waals surface area contributed by atoms with Gasteiger partial charge in [0, 0.05) is 41.7 Å². The van der Waals surface area contributed by atoms with Crippen LogP contribution in [0.1, 0.15) is 24.5 Å². The molecule has 0 unspecified atom stereocenters. The maximum Gasteiger partial charge on any atom is 0.316 e. The molecular formula is C30H25N7O2S. The van der Waals surface area contributed by atoms with Gasteiger partial charge in [0.2, 0.25) is 0 Å². The Kier molecular flexibility index (Phi) is 6.75. The van der Waals surface area contributed by atoms with E-state index in [1.165, 1.54) is 18.4 Å². The molecule has 2 aromatic carbocycles. The number of anilines is 1. The zero-order chi connectivity index (χ0) is 27.6. The Morgan fingerprint density at radius 2 is 1.75 bits per heavy atom. The number of ether oxygens (including phenoxy) is 1. The lowest BCUT2D eigenvalue weighted by molar-refractivity contribution is 0.380. The van der Waals surface area contributed by atoms with Crippen molar-refractivity contribution in [2.24, 2.45) is 0 Å². The van der Waals surface area contributed by atoms with Gasteiger partial charge < -0.3 is 10.1 Å². The number of aromatic nitrogens is 6. The third-order valence-corrected chi connectivity index (χ3v) is 7.42. The first-order valence-electron chi connectivity index (χ1n) is 12.6. The Morgan fingerprint density at radius 1 is 0.950 bits per heavy atom. The summed E-state index contributed by atoms with van der Waals surface area (Å²) in [6, 6.07) is 17.5. The molecule has 0 aliphatic carbocycles. The van der Waals surface area contributed by atoms with Gasteiger partial charge in [0.25, 0.3) is 5.56 Å². The predicted octanol–water partition coefficient (Wildman–Crippen LogP) is 5.85. The second kappa shape index (κ2) is 10.7. The molecule has 0 saturated carbocycles. The average molecular weight is 548 g/mol. The second-order valence-electron chi connectivity index (χ2n) is 9.18. The number of nitrogens with one attached hydrogen (secondary N) is 1. The van der Waals surface area contributed by atoms with Crippen LogP contribution in [0.3, 0.4) is 0 Å². The van der Waals surface area contributed by atoms with Crippen LogP contribution in [0, 0.1) is 6.92 Å². The normalized spacial score (nSPS) is 11.9. The predicted molar refractivity (Wildman–Crippen MR) is 157 cm³/mol. The molecule has 0 aliphatic rings. The van der Waals surface area contributed by atoms with Crippen molar-refractivity contribution in [1.82, 2.24) is 29.5 Å². The number of hydrogen-bond acceptors (Lipinski definition) is 9. The van der Waals surface area contributed by atoms with Crippen LogP contribution in [-0.2, 0) is 0 Å². The molecule has 40 heavy (non-hydrogen) atoms. The first-order valence-corrected chi connectivity index (χ1v) is 13.5. The molecule has 4 aromatic heterocycles. The van der Waals surface area contributed by atoms with E-state index in [0.717, 1.165) is 38.3 Å². The van der Waals surface area contributed by atoms with Gasteiger partial charge in [-0.05, 0) is 43.0 Å². The van der Waals surface area contributed by atoms with Crippen LogP contribution in [0.5, 0.6) is 6.01 Å². The van der Waals surface area contributed by atoms with Crippen LogP contribution in [0.2, 0.25) is 0 Å². The quantitative estimate of drug-likeness (QED) is 0.265. The number of para-hydroxylation sites is 1. The summed E-state index contributed by atoms with van der Waals surface area (Å²) in [5.41, 5.74) is 5.54. The average Bonchev–Trinajstić information content (AvgIpc) is 3.52. The summed E-state index contributed by atoms with van der Waals surface area (Å²) in [5, 5.41) is 4.95. The molecular weight excluding hydrogens is 522 g/mol. The van der Waals surface area contributed by atoms with Crippen LogP contribution in [0.4, 0.5) is 5.82 Å². The molecule has 0 fully saturated rings. The van der Waals surface area contributed by atoms with E-state index in [1.54, 1.807) is 34.9 Å². The van der Waals surface area contributed by atoms with Crippen molar-refractivity contribution < 1.29 is 4.74 Å². The van der Waals surface area contributed by atoms with Crippen LogP contribution in [-0.4, -0.2) is 36.6 Å². The van der Waals surface area contributed by atoms with E-state index in [-0.39, 0.29) is 17.6 Å². The van der Waals surface area contributed by atoms with Crippen molar-refractivity contribution >= 4 is 27.9 Å². The summed E-state index contributed by atoms with van der Waals surface area (Å²) in [4.78, 5) is 37.1. The minimum absolute atomic E-state index is 0.139. The van der Waals surface area contributed by atoms with E-state index in [9.17, 15) is 4.79 Å². The van der Waals surface area contributed by atoms with E-state index in [1.807, 2.05) is 62.4 Å². The van der Waals surface area contributed by atoms with Gasteiger partial charge in [-0.25, -0.2) is 19.9 Å². The lowest BCUT2D eigenvalue weighted by atomic mass is 9.99. The van der Waals surface area contributed by atoms with E-state index in [4.69, 9.17) is 9.72 Å². The SMILES string of the molecule is COc1ncc(-c2cccc3cc([C@H](C)Nc4nc(C)ncc4-c4cncs4)n(-c4ccccc4)c(=O)c23)cn1. The van der Waals surface area contributed by atoms with Crippen molar-refractivity contribution in [3.05, 3.63) is 107 Å². The Labute approximate surface area is 234 Å². The van der Waals surface area contributed by atoms with E-state index >= 15 is 0 Å². The molecule has 0 bridgehead atoms. The van der Waals surface area contributed by atoms with Crippen LogP contribution in [0.15, 0.2) is 89.7 Å². The fourth-order valence-corrected chi connectivity index (χ4v) is 5.37. The summed E-state index contributed by atoms with van der Waals surface area (Å²) < 4.78 is 6.87. The minimum atomic E-state index is -0.286. The highest BCUT2D eigenvalue weighted by Crippen LogP contribution is 2.33.